The molecule has 0 amide bonds. The molecule has 3 nitrogen and oxygen atoms in total. The molecule has 18 heavy (non-hydrogen) atoms. The van der Waals surface area contributed by atoms with Crippen molar-refractivity contribution in [2.75, 3.05) is 13.7 Å². The van der Waals surface area contributed by atoms with Crippen LogP contribution >= 0.6 is 11.6 Å². The van der Waals surface area contributed by atoms with Gasteiger partial charge in [-0.3, -0.25) is 4.90 Å². The van der Waals surface area contributed by atoms with Crippen LogP contribution in [0, 0.1) is 0 Å². The highest BCUT2D eigenvalue weighted by Gasteiger charge is 2.36. The first-order valence-electron chi connectivity index (χ1n) is 6.25. The molecule has 2 N–H and O–H groups in total. The summed E-state index contributed by atoms with van der Waals surface area (Å²) in [5, 5.41) is 0.743. The van der Waals surface area contributed by atoms with Crippen LogP contribution in [-0.4, -0.2) is 30.1 Å². The van der Waals surface area contributed by atoms with Gasteiger partial charge in [0.1, 0.15) is 5.75 Å². The SMILES string of the molecule is COc1ccc(Cl)cc1CN1CC(N)CC1(C)C. The summed E-state index contributed by atoms with van der Waals surface area (Å²) in [5.74, 6) is 0.885. The van der Waals surface area contributed by atoms with Gasteiger partial charge in [0, 0.05) is 35.3 Å². The molecule has 1 aromatic rings. The summed E-state index contributed by atoms with van der Waals surface area (Å²) in [6, 6.07) is 6.00. The largest absolute Gasteiger partial charge is 0.496 e. The third-order valence-electron chi connectivity index (χ3n) is 3.68. The topological polar surface area (TPSA) is 38.5 Å². The molecule has 4 heteroatoms. The van der Waals surface area contributed by atoms with E-state index in [1.165, 1.54) is 0 Å². The lowest BCUT2D eigenvalue weighted by Crippen LogP contribution is -2.37. The van der Waals surface area contributed by atoms with Gasteiger partial charge >= 0.3 is 0 Å². The van der Waals surface area contributed by atoms with E-state index in [1.54, 1.807) is 7.11 Å². The molecule has 0 radical (unpaired) electrons. The summed E-state index contributed by atoms with van der Waals surface area (Å²) >= 11 is 6.06. The van der Waals surface area contributed by atoms with Gasteiger partial charge in [-0.2, -0.15) is 0 Å². The van der Waals surface area contributed by atoms with Gasteiger partial charge in [-0.1, -0.05) is 11.6 Å². The Morgan fingerprint density at radius 1 is 1.50 bits per heavy atom. The smallest absolute Gasteiger partial charge is 0.123 e. The minimum absolute atomic E-state index is 0.132. The predicted molar refractivity (Wildman–Crippen MR) is 75.1 cm³/mol. The standard InChI is InChI=1S/C14H21ClN2O/c1-14(2)7-12(16)9-17(14)8-10-6-11(15)4-5-13(10)18-3/h4-6,12H,7-9,16H2,1-3H3. The number of methoxy groups -OCH3 is 1. The first-order chi connectivity index (χ1) is 8.42. The third-order valence-corrected chi connectivity index (χ3v) is 3.91. The fourth-order valence-corrected chi connectivity index (χ4v) is 2.92. The molecule has 1 aliphatic heterocycles. The van der Waals surface area contributed by atoms with Gasteiger partial charge in [0.05, 0.1) is 7.11 Å². The van der Waals surface area contributed by atoms with Crippen LogP contribution in [-0.2, 0) is 6.54 Å². The summed E-state index contributed by atoms with van der Waals surface area (Å²) in [4.78, 5) is 2.39. The zero-order valence-corrected chi connectivity index (χ0v) is 12.0. The average molecular weight is 269 g/mol. The Labute approximate surface area is 114 Å². The van der Waals surface area contributed by atoms with E-state index < -0.39 is 0 Å². The van der Waals surface area contributed by atoms with Crippen LogP contribution in [0.4, 0.5) is 0 Å². The summed E-state index contributed by atoms with van der Waals surface area (Å²) in [6.07, 6.45) is 1.02. The number of nitrogens with zero attached hydrogens (tertiary/aromatic N) is 1. The molecule has 1 fully saturated rings. The maximum absolute atomic E-state index is 6.06. The van der Waals surface area contributed by atoms with Crippen LogP contribution in [0.15, 0.2) is 18.2 Å². The number of nitrogens with two attached hydrogens (primary N) is 1. The molecule has 1 aliphatic rings. The zero-order chi connectivity index (χ0) is 13.3. The number of benzene rings is 1. The normalized spacial score (nSPS) is 23.3. The molecular formula is C14H21ClN2O. The maximum Gasteiger partial charge on any atom is 0.123 e. The van der Waals surface area contributed by atoms with Gasteiger partial charge in [-0.05, 0) is 38.5 Å². The van der Waals surface area contributed by atoms with E-state index in [4.69, 9.17) is 22.1 Å². The van der Waals surface area contributed by atoms with Crippen molar-refractivity contribution in [2.45, 2.75) is 38.4 Å². The van der Waals surface area contributed by atoms with Crippen LogP contribution in [0.1, 0.15) is 25.8 Å². The molecular weight excluding hydrogens is 248 g/mol. The van der Waals surface area contributed by atoms with E-state index in [1.807, 2.05) is 18.2 Å². The molecule has 1 aromatic carbocycles. The Bertz CT molecular complexity index is 434. The van der Waals surface area contributed by atoms with Gasteiger partial charge in [0.2, 0.25) is 0 Å². The van der Waals surface area contributed by atoms with Gasteiger partial charge in [0.15, 0.2) is 0 Å². The molecule has 1 heterocycles. The molecule has 1 atom stereocenters. The molecule has 1 unspecified atom stereocenters. The summed E-state index contributed by atoms with van der Waals surface area (Å²) < 4.78 is 5.39. The highest BCUT2D eigenvalue weighted by molar-refractivity contribution is 6.30. The Balaban J connectivity index is 2.21. The first-order valence-corrected chi connectivity index (χ1v) is 6.63. The minimum atomic E-state index is 0.132. The van der Waals surface area contributed by atoms with Gasteiger partial charge in [0.25, 0.3) is 0 Å². The van der Waals surface area contributed by atoms with E-state index >= 15 is 0 Å². The lowest BCUT2D eigenvalue weighted by Gasteiger charge is -2.31. The van der Waals surface area contributed by atoms with E-state index in [2.05, 4.69) is 18.7 Å². The van der Waals surface area contributed by atoms with Crippen LogP contribution < -0.4 is 10.5 Å². The maximum atomic E-state index is 6.06. The second-order valence-electron chi connectivity index (χ2n) is 5.61. The van der Waals surface area contributed by atoms with Crippen LogP contribution in [0.2, 0.25) is 5.02 Å². The van der Waals surface area contributed by atoms with Crippen LogP contribution in [0.3, 0.4) is 0 Å². The average Bonchev–Trinajstić information content (AvgIpc) is 2.52. The van der Waals surface area contributed by atoms with Gasteiger partial charge < -0.3 is 10.5 Å². The van der Waals surface area contributed by atoms with E-state index in [9.17, 15) is 0 Å². The second kappa shape index (κ2) is 5.08. The predicted octanol–water partition coefficient (Wildman–Crippen LogP) is 2.66. The Morgan fingerprint density at radius 2 is 2.22 bits per heavy atom. The van der Waals surface area contributed by atoms with Gasteiger partial charge in [-0.15, -0.1) is 0 Å². The molecule has 2 rings (SSSR count). The number of hydrogen-bond acceptors (Lipinski definition) is 3. The highest BCUT2D eigenvalue weighted by Crippen LogP contribution is 2.32. The molecule has 0 aliphatic carbocycles. The monoisotopic (exact) mass is 268 g/mol. The molecule has 1 saturated heterocycles. The first kappa shape index (κ1) is 13.7. The van der Waals surface area contributed by atoms with E-state index in [0.717, 1.165) is 35.8 Å². The fraction of sp³-hybridized carbons (Fsp3) is 0.571. The van der Waals surface area contributed by atoms with Crippen molar-refractivity contribution in [2.24, 2.45) is 5.73 Å². The number of hydrogen-bond donors (Lipinski definition) is 1. The number of likely N-dealkylation sites (tertiary alicyclic amines) is 1. The fourth-order valence-electron chi connectivity index (χ4n) is 2.72. The lowest BCUT2D eigenvalue weighted by atomic mass is 10.00. The molecule has 0 aromatic heterocycles. The van der Waals surface area contributed by atoms with Crippen LogP contribution in [0.5, 0.6) is 5.75 Å². The van der Waals surface area contributed by atoms with Crippen molar-refractivity contribution in [3.8, 4) is 5.75 Å². The Hall–Kier alpha value is -0.770. The van der Waals surface area contributed by atoms with Crippen molar-refractivity contribution in [3.05, 3.63) is 28.8 Å². The second-order valence-corrected chi connectivity index (χ2v) is 6.05. The zero-order valence-electron chi connectivity index (χ0n) is 11.2. The van der Waals surface area contributed by atoms with Crippen molar-refractivity contribution >= 4 is 11.6 Å². The van der Waals surface area contributed by atoms with E-state index in [-0.39, 0.29) is 11.6 Å². The summed E-state index contributed by atoms with van der Waals surface area (Å²) in [7, 11) is 1.69. The van der Waals surface area contributed by atoms with Crippen molar-refractivity contribution in [3.63, 3.8) is 0 Å². The van der Waals surface area contributed by atoms with Crippen molar-refractivity contribution in [1.29, 1.82) is 0 Å². The Kier molecular flexibility index (Phi) is 3.85. The number of ether oxygens (including phenoxy) is 1. The molecule has 0 spiro atoms. The molecule has 0 bridgehead atoms. The van der Waals surface area contributed by atoms with Crippen molar-refractivity contribution < 1.29 is 4.74 Å². The van der Waals surface area contributed by atoms with Gasteiger partial charge in [-0.25, -0.2) is 0 Å². The molecule has 100 valence electrons. The molecule has 0 saturated carbocycles. The number of rotatable bonds is 3. The number of halogens is 1. The minimum Gasteiger partial charge on any atom is -0.496 e. The Morgan fingerprint density at radius 3 is 2.78 bits per heavy atom. The van der Waals surface area contributed by atoms with Crippen LogP contribution in [0.25, 0.3) is 0 Å². The summed E-state index contributed by atoms with van der Waals surface area (Å²) in [6.45, 7) is 6.21. The van der Waals surface area contributed by atoms with E-state index in [0.29, 0.717) is 0 Å². The lowest BCUT2D eigenvalue weighted by molar-refractivity contribution is 0.164. The quantitative estimate of drug-likeness (QED) is 0.916. The highest BCUT2D eigenvalue weighted by atomic mass is 35.5. The van der Waals surface area contributed by atoms with Crippen molar-refractivity contribution in [1.82, 2.24) is 4.90 Å². The summed E-state index contributed by atoms with van der Waals surface area (Å²) in [5.41, 5.74) is 7.31. The third kappa shape index (κ3) is 2.79.